The van der Waals surface area contributed by atoms with Crippen LogP contribution in [0.5, 0.6) is 0 Å². The van der Waals surface area contributed by atoms with E-state index in [0.717, 1.165) is 43.0 Å². The summed E-state index contributed by atoms with van der Waals surface area (Å²) in [5.41, 5.74) is 3.84. The van der Waals surface area contributed by atoms with Gasteiger partial charge in [0, 0.05) is 24.0 Å². The number of nitrogens with zero attached hydrogens (tertiary/aromatic N) is 3. The molecule has 2 N–H and O–H groups in total. The fourth-order valence-electron chi connectivity index (χ4n) is 2.93. The molecule has 0 radical (unpaired) electrons. The molecule has 0 aromatic carbocycles. The number of carbonyl (C=O) groups excluding carboxylic acids is 1. The van der Waals surface area contributed by atoms with Crippen molar-refractivity contribution in [1.82, 2.24) is 25.2 Å². The summed E-state index contributed by atoms with van der Waals surface area (Å²) >= 11 is 0. The van der Waals surface area contributed by atoms with E-state index in [9.17, 15) is 4.79 Å². The van der Waals surface area contributed by atoms with Gasteiger partial charge < -0.3 is 10.6 Å². The van der Waals surface area contributed by atoms with Crippen molar-refractivity contribution < 1.29 is 4.79 Å². The first-order valence-electron chi connectivity index (χ1n) is 7.41. The average molecular weight is 287 g/mol. The lowest BCUT2D eigenvalue weighted by molar-refractivity contribution is 0.0931. The maximum Gasteiger partial charge on any atom is 0.257 e. The van der Waals surface area contributed by atoms with Crippen LogP contribution in [0.25, 0.3) is 5.65 Å². The summed E-state index contributed by atoms with van der Waals surface area (Å²) in [4.78, 5) is 17.1. The molecule has 0 saturated carbocycles. The number of hydrogen-bond acceptors (Lipinski definition) is 4. The van der Waals surface area contributed by atoms with Crippen molar-refractivity contribution in [3.05, 3.63) is 28.7 Å². The highest BCUT2D eigenvalue weighted by atomic mass is 16.1. The Kier molecular flexibility index (Phi) is 3.63. The van der Waals surface area contributed by atoms with Crippen LogP contribution in [-0.2, 0) is 0 Å². The Morgan fingerprint density at radius 3 is 2.95 bits per heavy atom. The fourth-order valence-corrected chi connectivity index (χ4v) is 2.93. The first-order chi connectivity index (χ1) is 10.1. The zero-order valence-corrected chi connectivity index (χ0v) is 12.7. The number of fused-ring (bicyclic) bond motifs is 1. The number of rotatable bonds is 2. The summed E-state index contributed by atoms with van der Waals surface area (Å²) in [5, 5.41) is 10.8. The summed E-state index contributed by atoms with van der Waals surface area (Å²) < 4.78 is 1.75. The monoisotopic (exact) mass is 287 g/mol. The SMILES string of the molecule is Cc1cc(C)n2nc(C)c(C(=O)NC3CCCNC3)c2n1. The second-order valence-corrected chi connectivity index (χ2v) is 5.75. The minimum absolute atomic E-state index is 0.0753. The summed E-state index contributed by atoms with van der Waals surface area (Å²) in [6, 6.07) is 2.15. The largest absolute Gasteiger partial charge is 0.348 e. The van der Waals surface area contributed by atoms with Crippen molar-refractivity contribution in [3.63, 3.8) is 0 Å². The molecular formula is C15H21N5O. The molecule has 1 fully saturated rings. The summed E-state index contributed by atoms with van der Waals surface area (Å²) in [7, 11) is 0. The van der Waals surface area contributed by atoms with Gasteiger partial charge in [-0.2, -0.15) is 5.10 Å². The molecule has 3 heterocycles. The number of carbonyl (C=O) groups is 1. The van der Waals surface area contributed by atoms with Gasteiger partial charge in [0.05, 0.1) is 5.69 Å². The van der Waals surface area contributed by atoms with Gasteiger partial charge in [0.2, 0.25) is 0 Å². The Morgan fingerprint density at radius 2 is 2.24 bits per heavy atom. The van der Waals surface area contributed by atoms with Gasteiger partial charge in [-0.05, 0) is 46.2 Å². The van der Waals surface area contributed by atoms with Gasteiger partial charge in [0.25, 0.3) is 5.91 Å². The maximum absolute atomic E-state index is 12.6. The zero-order chi connectivity index (χ0) is 15.0. The summed E-state index contributed by atoms with van der Waals surface area (Å²) in [5.74, 6) is -0.0753. The molecule has 21 heavy (non-hydrogen) atoms. The highest BCUT2D eigenvalue weighted by Crippen LogP contribution is 2.16. The third kappa shape index (κ3) is 2.63. The van der Waals surface area contributed by atoms with Crippen LogP contribution in [-0.4, -0.2) is 39.6 Å². The molecule has 0 aliphatic carbocycles. The minimum atomic E-state index is -0.0753. The number of amides is 1. The van der Waals surface area contributed by atoms with Crippen LogP contribution in [0, 0.1) is 20.8 Å². The molecule has 112 valence electrons. The predicted molar refractivity (Wildman–Crippen MR) is 80.6 cm³/mol. The Hall–Kier alpha value is -1.95. The van der Waals surface area contributed by atoms with Crippen molar-refractivity contribution in [2.24, 2.45) is 0 Å². The Balaban J connectivity index is 1.95. The van der Waals surface area contributed by atoms with Crippen LogP contribution in [0.4, 0.5) is 0 Å². The molecule has 1 amide bonds. The smallest absolute Gasteiger partial charge is 0.257 e. The Morgan fingerprint density at radius 1 is 1.43 bits per heavy atom. The lowest BCUT2D eigenvalue weighted by Crippen LogP contribution is -2.45. The molecule has 1 aliphatic heterocycles. The van der Waals surface area contributed by atoms with E-state index >= 15 is 0 Å². The van der Waals surface area contributed by atoms with Crippen LogP contribution in [0.1, 0.15) is 40.3 Å². The zero-order valence-electron chi connectivity index (χ0n) is 12.7. The Labute approximate surface area is 123 Å². The first-order valence-corrected chi connectivity index (χ1v) is 7.41. The summed E-state index contributed by atoms with van der Waals surface area (Å²) in [6.07, 6.45) is 2.11. The van der Waals surface area contributed by atoms with Crippen molar-refractivity contribution in [3.8, 4) is 0 Å². The van der Waals surface area contributed by atoms with Crippen LogP contribution in [0.3, 0.4) is 0 Å². The van der Waals surface area contributed by atoms with E-state index in [4.69, 9.17) is 0 Å². The minimum Gasteiger partial charge on any atom is -0.348 e. The van der Waals surface area contributed by atoms with Gasteiger partial charge in [-0.25, -0.2) is 9.50 Å². The Bertz CT molecular complexity index is 685. The average Bonchev–Trinajstić information content (AvgIpc) is 2.76. The van der Waals surface area contributed by atoms with Crippen LogP contribution in [0.2, 0.25) is 0 Å². The van der Waals surface area contributed by atoms with E-state index in [1.807, 2.05) is 26.8 Å². The van der Waals surface area contributed by atoms with E-state index in [1.54, 1.807) is 4.52 Å². The number of nitrogens with one attached hydrogen (secondary N) is 2. The highest BCUT2D eigenvalue weighted by molar-refractivity contribution is 6.01. The molecule has 1 unspecified atom stereocenters. The van der Waals surface area contributed by atoms with Gasteiger partial charge in [-0.1, -0.05) is 0 Å². The third-order valence-electron chi connectivity index (χ3n) is 3.93. The van der Waals surface area contributed by atoms with E-state index < -0.39 is 0 Å². The molecule has 2 aromatic heterocycles. The van der Waals surface area contributed by atoms with E-state index in [1.165, 1.54) is 0 Å². The third-order valence-corrected chi connectivity index (χ3v) is 3.93. The highest BCUT2D eigenvalue weighted by Gasteiger charge is 2.22. The molecule has 6 nitrogen and oxygen atoms in total. The normalized spacial score (nSPS) is 18.9. The van der Waals surface area contributed by atoms with Crippen LogP contribution < -0.4 is 10.6 Å². The second kappa shape index (κ2) is 5.44. The fraction of sp³-hybridized carbons (Fsp3) is 0.533. The van der Waals surface area contributed by atoms with Crippen molar-refractivity contribution in [2.75, 3.05) is 13.1 Å². The lowest BCUT2D eigenvalue weighted by atomic mass is 10.1. The number of hydrogen-bond donors (Lipinski definition) is 2. The quantitative estimate of drug-likeness (QED) is 0.869. The van der Waals surface area contributed by atoms with E-state index in [2.05, 4.69) is 20.7 Å². The molecule has 1 atom stereocenters. The molecule has 6 heteroatoms. The standard InChI is InChI=1S/C15H21N5O/c1-9-7-10(2)20-14(17-9)13(11(3)19-20)15(21)18-12-5-4-6-16-8-12/h7,12,16H,4-6,8H2,1-3H3,(H,18,21). The number of aryl methyl sites for hydroxylation is 3. The van der Waals surface area contributed by atoms with E-state index in [0.29, 0.717) is 11.2 Å². The van der Waals surface area contributed by atoms with Gasteiger partial charge in [-0.3, -0.25) is 4.79 Å². The first kappa shape index (κ1) is 14.0. The lowest BCUT2D eigenvalue weighted by Gasteiger charge is -2.23. The van der Waals surface area contributed by atoms with Gasteiger partial charge in [0.1, 0.15) is 5.56 Å². The molecule has 1 saturated heterocycles. The molecule has 0 bridgehead atoms. The molecule has 1 aliphatic rings. The molecule has 0 spiro atoms. The maximum atomic E-state index is 12.6. The second-order valence-electron chi connectivity index (χ2n) is 5.75. The van der Waals surface area contributed by atoms with Crippen LogP contribution in [0.15, 0.2) is 6.07 Å². The summed E-state index contributed by atoms with van der Waals surface area (Å²) in [6.45, 7) is 7.62. The number of piperidine rings is 1. The predicted octanol–water partition coefficient (Wildman–Crippen LogP) is 1.14. The van der Waals surface area contributed by atoms with E-state index in [-0.39, 0.29) is 11.9 Å². The van der Waals surface area contributed by atoms with Gasteiger partial charge in [0.15, 0.2) is 5.65 Å². The van der Waals surface area contributed by atoms with Gasteiger partial charge in [-0.15, -0.1) is 0 Å². The van der Waals surface area contributed by atoms with Gasteiger partial charge >= 0.3 is 0 Å². The molecule has 2 aromatic rings. The number of aromatic nitrogens is 3. The molecular weight excluding hydrogens is 266 g/mol. The topological polar surface area (TPSA) is 71.3 Å². The van der Waals surface area contributed by atoms with Crippen molar-refractivity contribution in [1.29, 1.82) is 0 Å². The van der Waals surface area contributed by atoms with Crippen molar-refractivity contribution >= 4 is 11.6 Å². The van der Waals surface area contributed by atoms with Crippen LogP contribution >= 0.6 is 0 Å². The molecule has 3 rings (SSSR count). The van der Waals surface area contributed by atoms with Crippen molar-refractivity contribution in [2.45, 2.75) is 39.7 Å².